The molecule has 0 saturated carbocycles. The second-order valence-corrected chi connectivity index (χ2v) is 7.39. The molecule has 3 nitrogen and oxygen atoms in total. The van der Waals surface area contributed by atoms with Crippen molar-refractivity contribution >= 4 is 0 Å². The zero-order valence-electron chi connectivity index (χ0n) is 13.5. The minimum Gasteiger partial charge on any atom is -0.378 e. The number of rotatable bonds is 4. The summed E-state index contributed by atoms with van der Waals surface area (Å²) in [5, 5.41) is 3.73. The summed E-state index contributed by atoms with van der Waals surface area (Å²) in [5.41, 5.74) is -0.0663. The molecule has 0 spiro atoms. The molecule has 0 aromatic carbocycles. The third kappa shape index (κ3) is 3.14. The van der Waals surface area contributed by atoms with E-state index in [1.165, 1.54) is 6.42 Å². The van der Waals surface area contributed by atoms with Crippen molar-refractivity contribution in [1.29, 1.82) is 0 Å². The first-order valence-corrected chi connectivity index (χ1v) is 7.82. The molecule has 112 valence electrons. The van der Waals surface area contributed by atoms with Gasteiger partial charge in [-0.15, -0.1) is 0 Å². The van der Waals surface area contributed by atoms with Gasteiger partial charge in [0.05, 0.1) is 17.3 Å². The van der Waals surface area contributed by atoms with E-state index in [4.69, 9.17) is 9.47 Å². The van der Waals surface area contributed by atoms with Crippen molar-refractivity contribution in [3.63, 3.8) is 0 Å². The lowest BCUT2D eigenvalue weighted by Crippen LogP contribution is -2.50. The van der Waals surface area contributed by atoms with E-state index in [2.05, 4.69) is 46.9 Å². The van der Waals surface area contributed by atoms with Gasteiger partial charge in [-0.1, -0.05) is 6.92 Å². The SMILES string of the molecule is CCNC(C1CCOC1C)C1CC(C)(C)OC1(C)C. The van der Waals surface area contributed by atoms with Gasteiger partial charge >= 0.3 is 0 Å². The fourth-order valence-corrected chi connectivity index (χ4v) is 4.21. The van der Waals surface area contributed by atoms with Crippen LogP contribution in [0.2, 0.25) is 0 Å². The molecule has 0 aromatic rings. The Morgan fingerprint density at radius 2 is 1.95 bits per heavy atom. The highest BCUT2D eigenvalue weighted by atomic mass is 16.5. The van der Waals surface area contributed by atoms with Gasteiger partial charge in [-0.2, -0.15) is 0 Å². The third-order valence-electron chi connectivity index (χ3n) is 4.91. The fraction of sp³-hybridized carbons (Fsp3) is 1.00. The zero-order valence-corrected chi connectivity index (χ0v) is 13.5. The molecular formula is C16H31NO2. The molecule has 4 unspecified atom stereocenters. The predicted octanol–water partition coefficient (Wildman–Crippen LogP) is 2.98. The van der Waals surface area contributed by atoms with E-state index in [0.717, 1.165) is 19.6 Å². The van der Waals surface area contributed by atoms with Crippen molar-refractivity contribution in [2.24, 2.45) is 11.8 Å². The van der Waals surface area contributed by atoms with Crippen LogP contribution in [0.5, 0.6) is 0 Å². The van der Waals surface area contributed by atoms with Crippen molar-refractivity contribution in [2.45, 2.75) is 77.7 Å². The van der Waals surface area contributed by atoms with E-state index in [0.29, 0.717) is 24.0 Å². The zero-order chi connectivity index (χ0) is 14.3. The highest BCUT2D eigenvalue weighted by Crippen LogP contribution is 2.46. The quantitative estimate of drug-likeness (QED) is 0.851. The Morgan fingerprint density at radius 3 is 2.37 bits per heavy atom. The molecule has 4 atom stereocenters. The van der Waals surface area contributed by atoms with E-state index < -0.39 is 0 Å². The van der Waals surface area contributed by atoms with Crippen LogP contribution in [0.1, 0.15) is 54.4 Å². The fourth-order valence-electron chi connectivity index (χ4n) is 4.21. The first-order chi connectivity index (χ1) is 8.77. The number of hydrogen-bond donors (Lipinski definition) is 1. The van der Waals surface area contributed by atoms with Crippen LogP contribution in [0.15, 0.2) is 0 Å². The molecule has 2 rings (SSSR count). The molecule has 2 aliphatic heterocycles. The van der Waals surface area contributed by atoms with Crippen molar-refractivity contribution in [1.82, 2.24) is 5.32 Å². The largest absolute Gasteiger partial charge is 0.378 e. The summed E-state index contributed by atoms with van der Waals surface area (Å²) in [5.74, 6) is 1.17. The van der Waals surface area contributed by atoms with Crippen molar-refractivity contribution in [2.75, 3.05) is 13.2 Å². The molecule has 2 heterocycles. The summed E-state index contributed by atoms with van der Waals surface area (Å²) in [6.07, 6.45) is 2.66. The molecule has 2 aliphatic rings. The molecule has 19 heavy (non-hydrogen) atoms. The minimum absolute atomic E-state index is 0.00939. The summed E-state index contributed by atoms with van der Waals surface area (Å²) in [4.78, 5) is 0. The Morgan fingerprint density at radius 1 is 1.26 bits per heavy atom. The van der Waals surface area contributed by atoms with Gasteiger partial charge in [0, 0.05) is 24.5 Å². The van der Waals surface area contributed by atoms with Gasteiger partial charge in [0.1, 0.15) is 0 Å². The molecule has 3 heteroatoms. The smallest absolute Gasteiger partial charge is 0.0677 e. The Labute approximate surface area is 118 Å². The molecule has 0 aliphatic carbocycles. The molecular weight excluding hydrogens is 238 g/mol. The van der Waals surface area contributed by atoms with Crippen LogP contribution in [0.3, 0.4) is 0 Å². The van der Waals surface area contributed by atoms with Crippen LogP contribution in [0.4, 0.5) is 0 Å². The summed E-state index contributed by atoms with van der Waals surface area (Å²) in [6, 6.07) is 0.499. The van der Waals surface area contributed by atoms with Gasteiger partial charge in [-0.05, 0) is 54.0 Å². The standard InChI is InChI=1S/C16H31NO2/c1-7-17-14(12-8-9-18-11(12)2)13-10-15(3,4)19-16(13,5)6/h11-14,17H,7-10H2,1-6H3. The molecule has 0 bridgehead atoms. The van der Waals surface area contributed by atoms with Crippen LogP contribution in [-0.2, 0) is 9.47 Å². The number of nitrogens with one attached hydrogen (secondary N) is 1. The average Bonchev–Trinajstić information content (AvgIpc) is 2.76. The Hall–Kier alpha value is -0.120. The Bertz CT molecular complexity index is 314. The first kappa shape index (κ1) is 15.3. The van der Waals surface area contributed by atoms with Crippen LogP contribution in [0.25, 0.3) is 0 Å². The van der Waals surface area contributed by atoms with E-state index in [9.17, 15) is 0 Å². The summed E-state index contributed by atoms with van der Waals surface area (Å²) in [6.45, 7) is 15.3. The second-order valence-electron chi connectivity index (χ2n) is 7.39. The topological polar surface area (TPSA) is 30.5 Å². The average molecular weight is 269 g/mol. The highest BCUT2D eigenvalue weighted by Gasteiger charge is 2.51. The van der Waals surface area contributed by atoms with Crippen molar-refractivity contribution < 1.29 is 9.47 Å². The van der Waals surface area contributed by atoms with Crippen molar-refractivity contribution in [3.05, 3.63) is 0 Å². The van der Waals surface area contributed by atoms with Gasteiger partial charge in [0.25, 0.3) is 0 Å². The molecule has 0 amide bonds. The maximum absolute atomic E-state index is 6.29. The lowest BCUT2D eigenvalue weighted by molar-refractivity contribution is -0.0804. The van der Waals surface area contributed by atoms with Gasteiger partial charge in [0.2, 0.25) is 0 Å². The van der Waals surface area contributed by atoms with Crippen LogP contribution >= 0.6 is 0 Å². The Balaban J connectivity index is 2.19. The highest BCUT2D eigenvalue weighted by molar-refractivity contribution is 5.02. The van der Waals surface area contributed by atoms with E-state index in [1.807, 2.05) is 0 Å². The summed E-state index contributed by atoms with van der Waals surface area (Å²) >= 11 is 0. The molecule has 2 saturated heterocycles. The van der Waals surface area contributed by atoms with Crippen LogP contribution in [-0.4, -0.2) is 36.5 Å². The summed E-state index contributed by atoms with van der Waals surface area (Å²) < 4.78 is 12.1. The van der Waals surface area contributed by atoms with Crippen molar-refractivity contribution in [3.8, 4) is 0 Å². The maximum atomic E-state index is 6.29. The molecule has 2 fully saturated rings. The van der Waals surface area contributed by atoms with Gasteiger partial charge in [-0.3, -0.25) is 0 Å². The van der Waals surface area contributed by atoms with Gasteiger partial charge in [-0.25, -0.2) is 0 Å². The van der Waals surface area contributed by atoms with Crippen LogP contribution in [0, 0.1) is 11.8 Å². The van der Waals surface area contributed by atoms with Gasteiger partial charge in [0.15, 0.2) is 0 Å². The summed E-state index contributed by atoms with van der Waals surface area (Å²) in [7, 11) is 0. The molecule has 1 N–H and O–H groups in total. The van der Waals surface area contributed by atoms with E-state index in [1.54, 1.807) is 0 Å². The monoisotopic (exact) mass is 269 g/mol. The van der Waals surface area contributed by atoms with Gasteiger partial charge < -0.3 is 14.8 Å². The first-order valence-electron chi connectivity index (χ1n) is 7.82. The maximum Gasteiger partial charge on any atom is 0.0677 e. The predicted molar refractivity (Wildman–Crippen MR) is 78.3 cm³/mol. The normalized spacial score (nSPS) is 38.5. The number of hydrogen-bond acceptors (Lipinski definition) is 3. The Kier molecular flexibility index (Phi) is 4.29. The lowest BCUT2D eigenvalue weighted by atomic mass is 9.75. The van der Waals surface area contributed by atoms with E-state index in [-0.39, 0.29) is 11.2 Å². The molecule has 0 aromatic heterocycles. The van der Waals surface area contributed by atoms with E-state index >= 15 is 0 Å². The van der Waals surface area contributed by atoms with Crippen LogP contribution < -0.4 is 5.32 Å². The number of ether oxygens (including phenoxy) is 2. The third-order valence-corrected chi connectivity index (χ3v) is 4.91. The second kappa shape index (κ2) is 5.34. The minimum atomic E-state index is -0.0569. The lowest BCUT2D eigenvalue weighted by Gasteiger charge is -2.37. The molecule has 0 radical (unpaired) electrons.